The molecule has 2 nitrogen and oxygen atoms in total. The van der Waals surface area contributed by atoms with Crippen LogP contribution in [0.15, 0.2) is 12.1 Å². The Hall–Kier alpha value is -1.07. The first kappa shape index (κ1) is 16.0. The molecule has 0 unspecified atom stereocenters. The van der Waals surface area contributed by atoms with Crippen LogP contribution in [-0.2, 0) is 6.54 Å². The van der Waals surface area contributed by atoms with Gasteiger partial charge >= 0.3 is 0 Å². The maximum Gasteiger partial charge on any atom is 0.194 e. The molecule has 0 aliphatic rings. The molecule has 19 heavy (non-hydrogen) atoms. The van der Waals surface area contributed by atoms with E-state index in [2.05, 4.69) is 0 Å². The lowest BCUT2D eigenvalue weighted by Gasteiger charge is -2.31. The van der Waals surface area contributed by atoms with Crippen molar-refractivity contribution in [2.24, 2.45) is 11.1 Å². The quantitative estimate of drug-likeness (QED) is 0.808. The van der Waals surface area contributed by atoms with Crippen molar-refractivity contribution in [2.45, 2.75) is 27.3 Å². The van der Waals surface area contributed by atoms with Crippen molar-refractivity contribution in [2.75, 3.05) is 19.6 Å². The predicted octanol–water partition coefficient (Wildman–Crippen LogP) is 2.91. The van der Waals surface area contributed by atoms with Gasteiger partial charge in [0.2, 0.25) is 0 Å². The number of halogens is 3. The zero-order valence-electron chi connectivity index (χ0n) is 11.6. The van der Waals surface area contributed by atoms with Crippen LogP contribution in [0.3, 0.4) is 0 Å². The number of nitrogens with zero attached hydrogens (tertiary/aromatic N) is 1. The highest BCUT2D eigenvalue weighted by atomic mass is 19.2. The fraction of sp³-hybridized carbons (Fsp3) is 0.571. The second-order valence-corrected chi connectivity index (χ2v) is 5.55. The van der Waals surface area contributed by atoms with Crippen molar-refractivity contribution in [3.05, 3.63) is 35.1 Å². The van der Waals surface area contributed by atoms with Gasteiger partial charge in [0.05, 0.1) is 0 Å². The van der Waals surface area contributed by atoms with Crippen molar-refractivity contribution in [1.82, 2.24) is 4.90 Å². The van der Waals surface area contributed by atoms with E-state index in [1.54, 1.807) is 0 Å². The maximum absolute atomic E-state index is 13.1. The molecular formula is C14H21F3N2. The summed E-state index contributed by atoms with van der Waals surface area (Å²) < 4.78 is 39.2. The van der Waals surface area contributed by atoms with Crippen LogP contribution >= 0.6 is 0 Å². The van der Waals surface area contributed by atoms with E-state index in [0.717, 1.165) is 18.7 Å². The van der Waals surface area contributed by atoms with Gasteiger partial charge in [0.1, 0.15) is 0 Å². The molecule has 0 spiro atoms. The Morgan fingerprint density at radius 2 is 1.68 bits per heavy atom. The van der Waals surface area contributed by atoms with E-state index in [0.29, 0.717) is 25.2 Å². The number of benzene rings is 1. The average Bonchev–Trinajstić information content (AvgIpc) is 2.34. The minimum atomic E-state index is -1.42. The lowest BCUT2D eigenvalue weighted by molar-refractivity contribution is 0.183. The minimum Gasteiger partial charge on any atom is -0.330 e. The standard InChI is InChI=1S/C14H21F3N2/c1-4-19(9-14(2,3)8-18)7-10-5-11(15)13(17)12(16)6-10/h5-6H,4,7-9,18H2,1-3H3. The number of hydrogen-bond donors (Lipinski definition) is 1. The molecule has 0 radical (unpaired) electrons. The summed E-state index contributed by atoms with van der Waals surface area (Å²) in [6.07, 6.45) is 0. The monoisotopic (exact) mass is 274 g/mol. The summed E-state index contributed by atoms with van der Waals surface area (Å²) in [7, 11) is 0. The van der Waals surface area contributed by atoms with Gasteiger partial charge in [0, 0.05) is 13.1 Å². The number of hydrogen-bond acceptors (Lipinski definition) is 2. The van der Waals surface area contributed by atoms with Gasteiger partial charge < -0.3 is 5.73 Å². The van der Waals surface area contributed by atoms with Gasteiger partial charge in [0.15, 0.2) is 17.5 Å². The Kier molecular flexibility index (Phi) is 5.38. The zero-order chi connectivity index (χ0) is 14.6. The van der Waals surface area contributed by atoms with Crippen molar-refractivity contribution in [1.29, 1.82) is 0 Å². The molecule has 108 valence electrons. The summed E-state index contributed by atoms with van der Waals surface area (Å²) in [6, 6.07) is 2.08. The molecular weight excluding hydrogens is 253 g/mol. The molecule has 0 saturated carbocycles. The third-order valence-corrected chi connectivity index (χ3v) is 3.10. The Morgan fingerprint density at radius 3 is 2.11 bits per heavy atom. The lowest BCUT2D eigenvalue weighted by Crippen LogP contribution is -2.38. The number of nitrogens with two attached hydrogens (primary N) is 1. The van der Waals surface area contributed by atoms with Gasteiger partial charge in [0.25, 0.3) is 0 Å². The highest BCUT2D eigenvalue weighted by molar-refractivity contribution is 5.19. The van der Waals surface area contributed by atoms with E-state index >= 15 is 0 Å². The summed E-state index contributed by atoms with van der Waals surface area (Å²) in [5, 5.41) is 0. The van der Waals surface area contributed by atoms with E-state index < -0.39 is 17.5 Å². The van der Waals surface area contributed by atoms with Gasteiger partial charge in [-0.05, 0) is 36.2 Å². The van der Waals surface area contributed by atoms with E-state index in [4.69, 9.17) is 5.73 Å². The predicted molar refractivity (Wildman–Crippen MR) is 70.1 cm³/mol. The van der Waals surface area contributed by atoms with Crippen molar-refractivity contribution in [3.63, 3.8) is 0 Å². The van der Waals surface area contributed by atoms with Crippen LogP contribution in [0.4, 0.5) is 13.2 Å². The highest BCUT2D eigenvalue weighted by Gasteiger charge is 2.20. The van der Waals surface area contributed by atoms with E-state index in [9.17, 15) is 13.2 Å². The van der Waals surface area contributed by atoms with Crippen LogP contribution in [0.5, 0.6) is 0 Å². The summed E-state index contributed by atoms with van der Waals surface area (Å²) in [4.78, 5) is 2.03. The van der Waals surface area contributed by atoms with Gasteiger partial charge in [-0.1, -0.05) is 20.8 Å². The van der Waals surface area contributed by atoms with Crippen LogP contribution in [0.2, 0.25) is 0 Å². The molecule has 0 atom stereocenters. The van der Waals surface area contributed by atoms with Crippen LogP contribution in [0.25, 0.3) is 0 Å². The van der Waals surface area contributed by atoms with Gasteiger partial charge in [-0.25, -0.2) is 13.2 Å². The molecule has 0 heterocycles. The third kappa shape index (κ3) is 4.51. The normalized spacial score (nSPS) is 12.2. The van der Waals surface area contributed by atoms with E-state index in [1.807, 2.05) is 25.7 Å². The van der Waals surface area contributed by atoms with Crippen LogP contribution in [0.1, 0.15) is 26.3 Å². The highest BCUT2D eigenvalue weighted by Crippen LogP contribution is 2.19. The first-order valence-corrected chi connectivity index (χ1v) is 6.35. The second-order valence-electron chi connectivity index (χ2n) is 5.55. The Bertz CT molecular complexity index is 410. The van der Waals surface area contributed by atoms with Crippen molar-refractivity contribution in [3.8, 4) is 0 Å². The topological polar surface area (TPSA) is 29.3 Å². The zero-order valence-corrected chi connectivity index (χ0v) is 11.6. The smallest absolute Gasteiger partial charge is 0.194 e. The lowest BCUT2D eigenvalue weighted by atomic mass is 9.93. The molecule has 1 aromatic carbocycles. The number of rotatable bonds is 6. The Balaban J connectivity index is 2.82. The molecule has 2 N–H and O–H groups in total. The first-order chi connectivity index (χ1) is 8.79. The van der Waals surface area contributed by atoms with E-state index in [1.165, 1.54) is 0 Å². The largest absolute Gasteiger partial charge is 0.330 e. The molecule has 0 aromatic heterocycles. The molecule has 0 saturated heterocycles. The van der Waals surface area contributed by atoms with Gasteiger partial charge in [-0.15, -0.1) is 0 Å². The molecule has 1 rings (SSSR count). The third-order valence-electron chi connectivity index (χ3n) is 3.10. The average molecular weight is 274 g/mol. The Labute approximate surface area is 112 Å². The summed E-state index contributed by atoms with van der Waals surface area (Å²) in [5.41, 5.74) is 6.02. The Morgan fingerprint density at radius 1 is 1.16 bits per heavy atom. The first-order valence-electron chi connectivity index (χ1n) is 6.35. The molecule has 0 amide bonds. The molecule has 0 aliphatic heterocycles. The SMILES string of the molecule is CCN(Cc1cc(F)c(F)c(F)c1)CC(C)(C)CN. The second kappa shape index (κ2) is 6.39. The van der Waals surface area contributed by atoms with Gasteiger partial charge in [-0.2, -0.15) is 0 Å². The molecule has 1 aromatic rings. The minimum absolute atomic E-state index is 0.0763. The molecule has 5 heteroatoms. The van der Waals surface area contributed by atoms with Crippen molar-refractivity contribution < 1.29 is 13.2 Å². The summed E-state index contributed by atoms with van der Waals surface area (Å²) >= 11 is 0. The summed E-state index contributed by atoms with van der Waals surface area (Å²) in [6.45, 7) is 8.35. The van der Waals surface area contributed by atoms with Crippen LogP contribution in [0, 0.1) is 22.9 Å². The fourth-order valence-electron chi connectivity index (χ4n) is 1.91. The molecule has 0 bridgehead atoms. The fourth-order valence-corrected chi connectivity index (χ4v) is 1.91. The summed E-state index contributed by atoms with van der Waals surface area (Å²) in [5.74, 6) is -3.72. The van der Waals surface area contributed by atoms with E-state index in [-0.39, 0.29) is 5.41 Å². The van der Waals surface area contributed by atoms with Gasteiger partial charge in [-0.3, -0.25) is 4.90 Å². The molecule has 0 fully saturated rings. The van der Waals surface area contributed by atoms with Crippen molar-refractivity contribution >= 4 is 0 Å². The van der Waals surface area contributed by atoms with Crippen LogP contribution in [-0.4, -0.2) is 24.5 Å². The molecule has 0 aliphatic carbocycles. The maximum atomic E-state index is 13.1. The van der Waals surface area contributed by atoms with Crippen LogP contribution < -0.4 is 5.73 Å².